The van der Waals surface area contributed by atoms with Gasteiger partial charge in [-0.2, -0.15) is 0 Å². The number of fused-ring (bicyclic) bond motifs is 1. The lowest BCUT2D eigenvalue weighted by Gasteiger charge is -2.13. The normalized spacial score (nSPS) is 10.7. The molecule has 3 N–H and O–H groups in total. The summed E-state index contributed by atoms with van der Waals surface area (Å²) >= 11 is 0. The quantitative estimate of drug-likeness (QED) is 0.486. The highest BCUT2D eigenvalue weighted by atomic mass is 16.5. The third-order valence-corrected chi connectivity index (χ3v) is 4.55. The number of hydrogen-bond donors (Lipinski definition) is 3. The number of methoxy groups -OCH3 is 1. The van der Waals surface area contributed by atoms with E-state index in [1.807, 2.05) is 19.9 Å². The molecule has 3 aromatic rings. The topological polar surface area (TPSA) is 126 Å². The summed E-state index contributed by atoms with van der Waals surface area (Å²) in [4.78, 5) is 23.4. The van der Waals surface area contributed by atoms with Crippen LogP contribution in [0.5, 0.6) is 23.0 Å². The molecule has 31 heavy (non-hydrogen) atoms. The Morgan fingerprint density at radius 1 is 1.10 bits per heavy atom. The molecule has 0 saturated heterocycles. The molecule has 2 aromatic carbocycles. The zero-order chi connectivity index (χ0) is 22.7. The van der Waals surface area contributed by atoms with E-state index in [0.717, 1.165) is 17.2 Å². The molecule has 3 rings (SSSR count). The third kappa shape index (κ3) is 4.80. The van der Waals surface area contributed by atoms with E-state index in [4.69, 9.17) is 19.0 Å². The summed E-state index contributed by atoms with van der Waals surface area (Å²) in [6.45, 7) is 3.29. The van der Waals surface area contributed by atoms with Gasteiger partial charge in [0.05, 0.1) is 7.11 Å². The van der Waals surface area contributed by atoms with Gasteiger partial charge < -0.3 is 29.2 Å². The van der Waals surface area contributed by atoms with E-state index in [1.165, 1.54) is 25.3 Å². The van der Waals surface area contributed by atoms with Crippen LogP contribution < -0.4 is 14.9 Å². The number of phenolic OH excluding ortho intramolecular Hbond substituents is 2. The Bertz CT molecular complexity index is 1230. The largest absolute Gasteiger partial charge is 0.507 e. The van der Waals surface area contributed by atoms with Crippen LogP contribution >= 0.6 is 0 Å². The Labute approximate surface area is 177 Å². The van der Waals surface area contributed by atoms with Crippen LogP contribution in [0.1, 0.15) is 19.4 Å². The number of ether oxygens (including phenoxy) is 2. The van der Waals surface area contributed by atoms with Crippen molar-refractivity contribution in [1.82, 2.24) is 0 Å². The first-order chi connectivity index (χ1) is 14.7. The molecule has 162 valence electrons. The molecule has 0 aliphatic heterocycles. The number of carboxylic acids is 1. The van der Waals surface area contributed by atoms with E-state index in [-0.39, 0.29) is 39.7 Å². The second-order valence-electron chi connectivity index (χ2n) is 7.14. The summed E-state index contributed by atoms with van der Waals surface area (Å²) in [5.41, 5.74) is 1.84. The highest BCUT2D eigenvalue weighted by Gasteiger charge is 2.17. The first-order valence-electron chi connectivity index (χ1n) is 9.38. The Morgan fingerprint density at radius 2 is 1.84 bits per heavy atom. The van der Waals surface area contributed by atoms with Crippen LogP contribution in [0.4, 0.5) is 0 Å². The molecule has 0 amide bonds. The SMILES string of the molecule is COc1cc(CC=C(C)C)c(-c2cc(=O)c3c(O)cc(OCC(=O)O)cc3o2)cc1O. The second kappa shape index (κ2) is 8.83. The summed E-state index contributed by atoms with van der Waals surface area (Å²) < 4.78 is 16.2. The first kappa shape index (κ1) is 21.8. The Morgan fingerprint density at radius 3 is 2.48 bits per heavy atom. The number of aliphatic carboxylic acids is 1. The lowest BCUT2D eigenvalue weighted by Crippen LogP contribution is -2.09. The summed E-state index contributed by atoms with van der Waals surface area (Å²) in [5, 5.41) is 29.2. The summed E-state index contributed by atoms with van der Waals surface area (Å²) in [6, 6.07) is 6.83. The molecule has 0 radical (unpaired) electrons. The van der Waals surface area contributed by atoms with Gasteiger partial charge in [0, 0.05) is 23.8 Å². The number of carboxylic acid groups (broad SMARTS) is 1. The third-order valence-electron chi connectivity index (χ3n) is 4.55. The van der Waals surface area contributed by atoms with E-state index in [0.29, 0.717) is 12.0 Å². The standard InChI is InChI=1S/C23H22O8/c1-12(2)4-5-13-6-20(29-3)16(24)9-15(13)19-10-18(26)23-17(25)7-14(8-21(23)31-19)30-11-22(27)28/h4,6-10,24-25H,5,11H2,1-3H3,(H,27,28). The Balaban J connectivity index is 2.20. The van der Waals surface area contributed by atoms with E-state index in [1.54, 1.807) is 6.07 Å². The van der Waals surface area contributed by atoms with Crippen LogP contribution in [0, 0.1) is 0 Å². The molecule has 0 atom stereocenters. The van der Waals surface area contributed by atoms with Crippen LogP contribution in [0.2, 0.25) is 0 Å². The molecule has 0 spiro atoms. The Kier molecular flexibility index (Phi) is 6.20. The van der Waals surface area contributed by atoms with Gasteiger partial charge in [0.1, 0.15) is 28.2 Å². The van der Waals surface area contributed by atoms with Gasteiger partial charge in [0.2, 0.25) is 0 Å². The number of benzene rings is 2. The molecular weight excluding hydrogens is 404 g/mol. The van der Waals surface area contributed by atoms with Crippen molar-refractivity contribution >= 4 is 16.9 Å². The van der Waals surface area contributed by atoms with E-state index in [9.17, 15) is 19.8 Å². The van der Waals surface area contributed by atoms with Gasteiger partial charge in [0.15, 0.2) is 23.5 Å². The van der Waals surface area contributed by atoms with Gasteiger partial charge in [-0.25, -0.2) is 4.79 Å². The molecule has 8 nitrogen and oxygen atoms in total. The van der Waals surface area contributed by atoms with Crippen LogP contribution in [-0.2, 0) is 11.2 Å². The predicted molar refractivity (Wildman–Crippen MR) is 114 cm³/mol. The lowest BCUT2D eigenvalue weighted by molar-refractivity contribution is -0.139. The minimum Gasteiger partial charge on any atom is -0.507 e. The van der Waals surface area contributed by atoms with Crippen LogP contribution in [0.3, 0.4) is 0 Å². The fourth-order valence-electron chi connectivity index (χ4n) is 3.09. The van der Waals surface area contributed by atoms with Crippen molar-refractivity contribution in [3.63, 3.8) is 0 Å². The lowest BCUT2D eigenvalue weighted by atomic mass is 9.99. The van der Waals surface area contributed by atoms with Crippen molar-refractivity contribution in [3.05, 3.63) is 57.8 Å². The summed E-state index contributed by atoms with van der Waals surface area (Å²) in [5.74, 6) is -1.21. The summed E-state index contributed by atoms with van der Waals surface area (Å²) in [7, 11) is 1.44. The molecule has 1 aromatic heterocycles. The predicted octanol–water partition coefficient (Wildman–Crippen LogP) is 3.85. The highest BCUT2D eigenvalue weighted by Crippen LogP contribution is 2.37. The highest BCUT2D eigenvalue weighted by molar-refractivity contribution is 5.86. The Hall–Kier alpha value is -3.94. The molecule has 0 aliphatic rings. The number of aromatic hydroxyl groups is 2. The van der Waals surface area contributed by atoms with Gasteiger partial charge >= 0.3 is 5.97 Å². The van der Waals surface area contributed by atoms with Crippen LogP contribution in [0.25, 0.3) is 22.3 Å². The van der Waals surface area contributed by atoms with Crippen LogP contribution in [0.15, 0.2) is 51.2 Å². The second-order valence-corrected chi connectivity index (χ2v) is 7.14. The van der Waals surface area contributed by atoms with Crippen LogP contribution in [-0.4, -0.2) is 35.0 Å². The zero-order valence-electron chi connectivity index (χ0n) is 17.3. The van der Waals surface area contributed by atoms with Gasteiger partial charge in [-0.05, 0) is 38.0 Å². The number of rotatable bonds is 7. The minimum atomic E-state index is -1.19. The summed E-state index contributed by atoms with van der Waals surface area (Å²) in [6.07, 6.45) is 2.49. The maximum atomic E-state index is 12.7. The van der Waals surface area contributed by atoms with Crippen molar-refractivity contribution in [2.75, 3.05) is 13.7 Å². The van der Waals surface area contributed by atoms with Crippen molar-refractivity contribution in [2.24, 2.45) is 0 Å². The smallest absolute Gasteiger partial charge is 0.341 e. The molecule has 8 heteroatoms. The minimum absolute atomic E-state index is 0.0198. The van der Waals surface area contributed by atoms with Crippen molar-refractivity contribution in [3.8, 4) is 34.3 Å². The number of hydrogen-bond acceptors (Lipinski definition) is 7. The van der Waals surface area contributed by atoms with E-state index >= 15 is 0 Å². The van der Waals surface area contributed by atoms with E-state index < -0.39 is 18.0 Å². The fourth-order valence-corrected chi connectivity index (χ4v) is 3.09. The van der Waals surface area contributed by atoms with Crippen molar-refractivity contribution in [1.29, 1.82) is 0 Å². The zero-order valence-corrected chi connectivity index (χ0v) is 17.3. The molecule has 0 unspecified atom stereocenters. The number of allylic oxidation sites excluding steroid dienone is 2. The fraction of sp³-hybridized carbons (Fsp3) is 0.217. The molecule has 1 heterocycles. The maximum absolute atomic E-state index is 12.7. The van der Waals surface area contributed by atoms with Gasteiger partial charge in [-0.15, -0.1) is 0 Å². The maximum Gasteiger partial charge on any atom is 0.341 e. The van der Waals surface area contributed by atoms with Gasteiger partial charge in [0.25, 0.3) is 0 Å². The molecule has 0 aliphatic carbocycles. The molecule has 0 saturated carbocycles. The van der Waals surface area contributed by atoms with Crippen molar-refractivity contribution < 1.29 is 34.0 Å². The molecule has 0 bridgehead atoms. The molecular formula is C23H22O8. The average Bonchev–Trinajstić information content (AvgIpc) is 2.70. The monoisotopic (exact) mass is 426 g/mol. The molecule has 0 fully saturated rings. The first-order valence-corrected chi connectivity index (χ1v) is 9.38. The van der Waals surface area contributed by atoms with E-state index in [2.05, 4.69) is 0 Å². The van der Waals surface area contributed by atoms with Crippen molar-refractivity contribution in [2.45, 2.75) is 20.3 Å². The number of phenols is 2. The number of carbonyl (C=O) groups is 1. The van der Waals surface area contributed by atoms with Gasteiger partial charge in [-0.3, -0.25) is 4.79 Å². The van der Waals surface area contributed by atoms with Gasteiger partial charge in [-0.1, -0.05) is 11.6 Å². The average molecular weight is 426 g/mol.